The molecule has 0 radical (unpaired) electrons. The third-order valence-electron chi connectivity index (χ3n) is 4.13. The second-order valence-electron chi connectivity index (χ2n) is 5.81. The molecule has 0 aromatic carbocycles. The molecule has 108 valence electrons. The maximum Gasteiger partial charge on any atom is 0.0220 e. The van der Waals surface area contributed by atoms with Gasteiger partial charge >= 0.3 is 0 Å². The minimum atomic E-state index is 0.671. The molecule has 0 amide bonds. The second-order valence-corrected chi connectivity index (χ2v) is 5.81. The van der Waals surface area contributed by atoms with Gasteiger partial charge in [0.15, 0.2) is 0 Å². The molecule has 0 aromatic rings. The van der Waals surface area contributed by atoms with Crippen LogP contribution in [0.5, 0.6) is 0 Å². The minimum absolute atomic E-state index is 0.671. The van der Waals surface area contributed by atoms with Crippen LogP contribution in [0.1, 0.15) is 46.5 Å². The van der Waals surface area contributed by atoms with E-state index in [-0.39, 0.29) is 0 Å². The van der Waals surface area contributed by atoms with Crippen LogP contribution in [0.2, 0.25) is 0 Å². The van der Waals surface area contributed by atoms with Gasteiger partial charge in [0, 0.05) is 18.6 Å². The zero-order valence-corrected chi connectivity index (χ0v) is 12.9. The lowest BCUT2D eigenvalue weighted by Gasteiger charge is -2.30. The first-order valence-corrected chi connectivity index (χ1v) is 7.83. The maximum absolute atomic E-state index is 3.50. The topological polar surface area (TPSA) is 18.5 Å². The third kappa shape index (κ3) is 5.68. The van der Waals surface area contributed by atoms with Crippen molar-refractivity contribution in [1.29, 1.82) is 0 Å². The summed E-state index contributed by atoms with van der Waals surface area (Å²) in [5.74, 6) is 0. The van der Waals surface area contributed by atoms with E-state index in [9.17, 15) is 0 Å². The summed E-state index contributed by atoms with van der Waals surface area (Å²) in [5, 5.41) is 3.50. The van der Waals surface area contributed by atoms with Gasteiger partial charge in [0.25, 0.3) is 0 Å². The van der Waals surface area contributed by atoms with Gasteiger partial charge in [-0.25, -0.2) is 0 Å². The van der Waals surface area contributed by atoms with Gasteiger partial charge in [-0.3, -0.25) is 4.90 Å². The first kappa shape index (κ1) is 15.9. The van der Waals surface area contributed by atoms with E-state index >= 15 is 0 Å². The molecule has 2 unspecified atom stereocenters. The van der Waals surface area contributed by atoms with Crippen LogP contribution in [0.4, 0.5) is 0 Å². The molecule has 18 heavy (non-hydrogen) atoms. The molecule has 1 heterocycles. The summed E-state index contributed by atoms with van der Waals surface area (Å²) in [7, 11) is 2.26. The van der Waals surface area contributed by atoms with Crippen molar-refractivity contribution in [3.63, 3.8) is 0 Å². The quantitative estimate of drug-likeness (QED) is 0.752. The fourth-order valence-electron chi connectivity index (χ4n) is 3.03. The molecule has 0 bridgehead atoms. The van der Waals surface area contributed by atoms with Crippen LogP contribution in [0.25, 0.3) is 0 Å². The Balaban J connectivity index is 2.29. The summed E-state index contributed by atoms with van der Waals surface area (Å²) in [4.78, 5) is 5.22. The van der Waals surface area contributed by atoms with E-state index in [0.29, 0.717) is 6.04 Å². The monoisotopic (exact) mass is 255 g/mol. The van der Waals surface area contributed by atoms with Crippen molar-refractivity contribution >= 4 is 0 Å². The number of rotatable bonds is 7. The molecule has 1 aliphatic heterocycles. The molecule has 3 nitrogen and oxygen atoms in total. The maximum atomic E-state index is 3.50. The van der Waals surface area contributed by atoms with Crippen LogP contribution in [-0.2, 0) is 0 Å². The first-order valence-electron chi connectivity index (χ1n) is 7.83. The molecule has 0 spiro atoms. The molecular weight excluding hydrogens is 222 g/mol. The summed E-state index contributed by atoms with van der Waals surface area (Å²) in [6, 6.07) is 1.44. The van der Waals surface area contributed by atoms with Gasteiger partial charge in [0.1, 0.15) is 0 Å². The number of nitrogens with one attached hydrogen (secondary N) is 1. The van der Waals surface area contributed by atoms with Gasteiger partial charge in [-0.15, -0.1) is 0 Å². The van der Waals surface area contributed by atoms with Crippen molar-refractivity contribution in [1.82, 2.24) is 15.1 Å². The number of hydrogen-bond donors (Lipinski definition) is 1. The normalized spacial score (nSPS) is 25.0. The van der Waals surface area contributed by atoms with Gasteiger partial charge in [-0.2, -0.15) is 0 Å². The molecular formula is C15H33N3. The Morgan fingerprint density at radius 3 is 2.72 bits per heavy atom. The molecule has 1 fully saturated rings. The van der Waals surface area contributed by atoms with Gasteiger partial charge in [-0.1, -0.05) is 13.8 Å². The summed E-state index contributed by atoms with van der Waals surface area (Å²) < 4.78 is 0. The minimum Gasteiger partial charge on any atom is -0.315 e. The summed E-state index contributed by atoms with van der Waals surface area (Å²) in [6.07, 6.45) is 5.24. The van der Waals surface area contributed by atoms with Crippen LogP contribution in [0.3, 0.4) is 0 Å². The predicted molar refractivity (Wildman–Crippen MR) is 80.1 cm³/mol. The lowest BCUT2D eigenvalue weighted by atomic mass is 10.1. The van der Waals surface area contributed by atoms with Crippen LogP contribution in [0.15, 0.2) is 0 Å². The third-order valence-corrected chi connectivity index (χ3v) is 4.13. The number of likely N-dealkylation sites (N-methyl/N-ethyl adjacent to an activating group) is 1. The van der Waals surface area contributed by atoms with Gasteiger partial charge in [-0.05, 0) is 65.8 Å². The highest BCUT2D eigenvalue weighted by Crippen LogP contribution is 2.13. The van der Waals surface area contributed by atoms with Crippen LogP contribution < -0.4 is 5.32 Å². The highest BCUT2D eigenvalue weighted by atomic mass is 15.2. The SMILES string of the molecule is CCNC(C)CCCN1CCCN(C)CC1CC. The molecule has 0 aromatic heterocycles. The molecule has 1 rings (SSSR count). The van der Waals surface area contributed by atoms with E-state index in [1.807, 2.05) is 0 Å². The average molecular weight is 255 g/mol. The van der Waals surface area contributed by atoms with Crippen molar-refractivity contribution in [3.8, 4) is 0 Å². The zero-order chi connectivity index (χ0) is 13.4. The summed E-state index contributed by atoms with van der Waals surface area (Å²) in [6.45, 7) is 13.0. The van der Waals surface area contributed by atoms with Crippen molar-refractivity contribution in [2.24, 2.45) is 0 Å². The number of hydrogen-bond acceptors (Lipinski definition) is 3. The molecule has 0 aliphatic carbocycles. The molecule has 3 heteroatoms. The Morgan fingerprint density at radius 2 is 2.06 bits per heavy atom. The van der Waals surface area contributed by atoms with E-state index in [0.717, 1.165) is 12.6 Å². The highest BCUT2D eigenvalue weighted by Gasteiger charge is 2.21. The molecule has 1 aliphatic rings. The predicted octanol–water partition coefficient (Wildman–Crippen LogP) is 2.18. The van der Waals surface area contributed by atoms with Gasteiger partial charge < -0.3 is 10.2 Å². The first-order chi connectivity index (χ1) is 8.67. The lowest BCUT2D eigenvalue weighted by Crippen LogP contribution is -2.40. The largest absolute Gasteiger partial charge is 0.315 e. The van der Waals surface area contributed by atoms with Crippen molar-refractivity contribution in [2.45, 2.75) is 58.5 Å². The summed E-state index contributed by atoms with van der Waals surface area (Å²) >= 11 is 0. The Kier molecular flexibility index (Phi) is 7.87. The van der Waals surface area contributed by atoms with E-state index in [4.69, 9.17) is 0 Å². The molecule has 0 saturated carbocycles. The Bertz CT molecular complexity index is 208. The standard InChI is InChI=1S/C15H33N3/c1-5-15-13-17(4)10-8-12-18(15)11-7-9-14(3)16-6-2/h14-16H,5-13H2,1-4H3. The average Bonchev–Trinajstić information content (AvgIpc) is 2.51. The van der Waals surface area contributed by atoms with Crippen molar-refractivity contribution in [3.05, 3.63) is 0 Å². The summed E-state index contributed by atoms with van der Waals surface area (Å²) in [5.41, 5.74) is 0. The fraction of sp³-hybridized carbons (Fsp3) is 1.00. The fourth-order valence-corrected chi connectivity index (χ4v) is 3.03. The van der Waals surface area contributed by atoms with E-state index < -0.39 is 0 Å². The van der Waals surface area contributed by atoms with Crippen LogP contribution in [0, 0.1) is 0 Å². The van der Waals surface area contributed by atoms with E-state index in [2.05, 4.69) is 42.9 Å². The number of nitrogens with zero attached hydrogens (tertiary/aromatic N) is 2. The Labute approximate surface area is 114 Å². The van der Waals surface area contributed by atoms with E-state index in [1.54, 1.807) is 0 Å². The lowest BCUT2D eigenvalue weighted by molar-refractivity contribution is 0.179. The molecule has 2 atom stereocenters. The van der Waals surface area contributed by atoms with Crippen LogP contribution in [-0.4, -0.2) is 61.7 Å². The van der Waals surface area contributed by atoms with Crippen LogP contribution >= 0.6 is 0 Å². The Hall–Kier alpha value is -0.120. The van der Waals surface area contributed by atoms with Gasteiger partial charge in [0.05, 0.1) is 0 Å². The Morgan fingerprint density at radius 1 is 1.28 bits per heavy atom. The smallest absolute Gasteiger partial charge is 0.0220 e. The van der Waals surface area contributed by atoms with Crippen molar-refractivity contribution in [2.75, 3.05) is 39.8 Å². The van der Waals surface area contributed by atoms with Crippen molar-refractivity contribution < 1.29 is 0 Å². The molecule has 1 saturated heterocycles. The molecule has 1 N–H and O–H groups in total. The zero-order valence-electron chi connectivity index (χ0n) is 12.9. The van der Waals surface area contributed by atoms with Gasteiger partial charge in [0.2, 0.25) is 0 Å². The highest BCUT2D eigenvalue weighted by molar-refractivity contribution is 4.78. The second kappa shape index (κ2) is 8.89. The van der Waals surface area contributed by atoms with E-state index in [1.165, 1.54) is 51.9 Å².